The molecule has 29 heavy (non-hydrogen) atoms. The van der Waals surface area contributed by atoms with Crippen LogP contribution in [0.3, 0.4) is 0 Å². The quantitative estimate of drug-likeness (QED) is 0.473. The Morgan fingerprint density at radius 2 is 1.62 bits per heavy atom. The monoisotopic (exact) mass is 492 g/mol. The number of carbonyl (C=O) groups is 1. The van der Waals surface area contributed by atoms with E-state index in [1.54, 1.807) is 36.4 Å². The van der Waals surface area contributed by atoms with Gasteiger partial charge in [0.05, 0.1) is 15.6 Å². The standard InChI is InChI=1S/C21H18BrClN2O3S/c1-13-3-4-15(11-14(13)2)21(26)24-20-12-18(9-10-19(20)23)29(27,28)25-17-7-5-16(22)6-8-17/h3-12,25H,1-2H3,(H,24,26). The van der Waals surface area contributed by atoms with Gasteiger partial charge >= 0.3 is 0 Å². The van der Waals surface area contributed by atoms with E-state index in [1.165, 1.54) is 18.2 Å². The van der Waals surface area contributed by atoms with E-state index in [1.807, 2.05) is 19.9 Å². The summed E-state index contributed by atoms with van der Waals surface area (Å²) in [4.78, 5) is 12.6. The lowest BCUT2D eigenvalue weighted by Gasteiger charge is -2.12. The van der Waals surface area contributed by atoms with Crippen molar-refractivity contribution in [2.24, 2.45) is 0 Å². The highest BCUT2D eigenvalue weighted by Gasteiger charge is 2.17. The molecule has 0 aliphatic rings. The van der Waals surface area contributed by atoms with Gasteiger partial charge in [-0.2, -0.15) is 0 Å². The number of nitrogens with one attached hydrogen (secondary N) is 2. The molecule has 0 saturated heterocycles. The van der Waals surface area contributed by atoms with Gasteiger partial charge in [0.15, 0.2) is 0 Å². The van der Waals surface area contributed by atoms with Gasteiger partial charge in [-0.05, 0) is 79.6 Å². The Kier molecular flexibility index (Phi) is 6.31. The van der Waals surface area contributed by atoms with Crippen LogP contribution in [-0.4, -0.2) is 14.3 Å². The number of anilines is 2. The lowest BCUT2D eigenvalue weighted by Crippen LogP contribution is -2.15. The molecule has 3 aromatic rings. The molecule has 3 rings (SSSR count). The van der Waals surface area contributed by atoms with E-state index in [2.05, 4.69) is 26.0 Å². The fourth-order valence-corrected chi connectivity index (χ4v) is 4.09. The van der Waals surface area contributed by atoms with Crippen molar-refractivity contribution in [1.82, 2.24) is 0 Å². The summed E-state index contributed by atoms with van der Waals surface area (Å²) in [6, 6.07) is 16.2. The second-order valence-corrected chi connectivity index (χ2v) is 9.51. The highest BCUT2D eigenvalue weighted by Crippen LogP contribution is 2.27. The molecule has 2 N–H and O–H groups in total. The Bertz CT molecular complexity index is 1180. The maximum atomic E-state index is 12.7. The average molecular weight is 494 g/mol. The van der Waals surface area contributed by atoms with E-state index in [0.29, 0.717) is 11.3 Å². The summed E-state index contributed by atoms with van der Waals surface area (Å²) in [6.07, 6.45) is 0. The van der Waals surface area contributed by atoms with Crippen molar-refractivity contribution < 1.29 is 13.2 Å². The molecule has 0 aromatic heterocycles. The molecule has 0 fully saturated rings. The average Bonchev–Trinajstić information content (AvgIpc) is 2.67. The van der Waals surface area contributed by atoms with E-state index >= 15 is 0 Å². The van der Waals surface area contributed by atoms with Gasteiger partial charge in [0.1, 0.15) is 0 Å². The van der Waals surface area contributed by atoms with E-state index in [0.717, 1.165) is 15.6 Å². The third-order valence-electron chi connectivity index (χ3n) is 4.36. The van der Waals surface area contributed by atoms with Crippen LogP contribution in [0, 0.1) is 13.8 Å². The summed E-state index contributed by atoms with van der Waals surface area (Å²) >= 11 is 9.48. The van der Waals surface area contributed by atoms with Crippen LogP contribution in [-0.2, 0) is 10.0 Å². The number of amides is 1. The minimum Gasteiger partial charge on any atom is -0.321 e. The summed E-state index contributed by atoms with van der Waals surface area (Å²) in [5, 5.41) is 2.93. The predicted octanol–water partition coefficient (Wildman–Crippen LogP) is 5.77. The van der Waals surface area contributed by atoms with Crippen LogP contribution in [0.15, 0.2) is 70.0 Å². The number of benzene rings is 3. The molecule has 150 valence electrons. The number of carbonyl (C=O) groups excluding carboxylic acids is 1. The summed E-state index contributed by atoms with van der Waals surface area (Å²) in [5.41, 5.74) is 3.16. The second-order valence-electron chi connectivity index (χ2n) is 6.51. The van der Waals surface area contributed by atoms with Crippen LogP contribution in [0.25, 0.3) is 0 Å². The number of aryl methyl sites for hydroxylation is 2. The van der Waals surface area contributed by atoms with Crippen molar-refractivity contribution in [1.29, 1.82) is 0 Å². The molecule has 0 aliphatic heterocycles. The maximum absolute atomic E-state index is 12.7. The van der Waals surface area contributed by atoms with Crippen LogP contribution in [0.5, 0.6) is 0 Å². The number of sulfonamides is 1. The molecule has 3 aromatic carbocycles. The molecular weight excluding hydrogens is 476 g/mol. The first-order valence-electron chi connectivity index (χ1n) is 8.62. The maximum Gasteiger partial charge on any atom is 0.261 e. The van der Waals surface area contributed by atoms with Gasteiger partial charge in [-0.3, -0.25) is 9.52 Å². The third-order valence-corrected chi connectivity index (χ3v) is 6.60. The van der Waals surface area contributed by atoms with Crippen LogP contribution < -0.4 is 10.0 Å². The normalized spacial score (nSPS) is 11.2. The lowest BCUT2D eigenvalue weighted by atomic mass is 10.1. The van der Waals surface area contributed by atoms with Crippen molar-refractivity contribution in [3.05, 3.63) is 86.8 Å². The van der Waals surface area contributed by atoms with E-state index in [9.17, 15) is 13.2 Å². The molecule has 0 saturated carbocycles. The zero-order valence-corrected chi connectivity index (χ0v) is 18.8. The molecule has 1 amide bonds. The number of rotatable bonds is 5. The Labute approximate surface area is 183 Å². The lowest BCUT2D eigenvalue weighted by molar-refractivity contribution is 0.102. The number of hydrogen-bond acceptors (Lipinski definition) is 3. The molecule has 0 unspecified atom stereocenters. The van der Waals surface area contributed by atoms with Crippen molar-refractivity contribution >= 4 is 54.8 Å². The zero-order chi connectivity index (χ0) is 21.2. The third kappa shape index (κ3) is 5.18. The first-order valence-corrected chi connectivity index (χ1v) is 11.3. The summed E-state index contributed by atoms with van der Waals surface area (Å²) in [6.45, 7) is 3.88. The first kappa shape index (κ1) is 21.4. The zero-order valence-electron chi connectivity index (χ0n) is 15.7. The van der Waals surface area contributed by atoms with Crippen LogP contribution >= 0.6 is 27.5 Å². The van der Waals surface area contributed by atoms with Crippen LogP contribution in [0.2, 0.25) is 5.02 Å². The van der Waals surface area contributed by atoms with E-state index < -0.39 is 10.0 Å². The molecule has 8 heteroatoms. The topological polar surface area (TPSA) is 75.3 Å². The second kappa shape index (κ2) is 8.57. The molecule has 0 aliphatic carbocycles. The van der Waals surface area contributed by atoms with Gasteiger partial charge < -0.3 is 5.32 Å². The largest absolute Gasteiger partial charge is 0.321 e. The number of hydrogen-bond donors (Lipinski definition) is 2. The Balaban J connectivity index is 1.86. The van der Waals surface area contributed by atoms with Crippen molar-refractivity contribution in [2.75, 3.05) is 10.0 Å². The summed E-state index contributed by atoms with van der Waals surface area (Å²) in [7, 11) is -3.85. The minimum atomic E-state index is -3.85. The van der Waals surface area contributed by atoms with Gasteiger partial charge in [-0.15, -0.1) is 0 Å². The van der Waals surface area contributed by atoms with Gasteiger partial charge in [0.2, 0.25) is 0 Å². The summed E-state index contributed by atoms with van der Waals surface area (Å²) < 4.78 is 28.8. The highest BCUT2D eigenvalue weighted by molar-refractivity contribution is 9.10. The molecule has 0 spiro atoms. The minimum absolute atomic E-state index is 0.0137. The van der Waals surface area contributed by atoms with Gasteiger partial charge in [0.25, 0.3) is 15.9 Å². The number of halogens is 2. The van der Waals surface area contributed by atoms with Crippen molar-refractivity contribution in [3.63, 3.8) is 0 Å². The van der Waals surface area contributed by atoms with E-state index in [-0.39, 0.29) is 21.5 Å². The van der Waals surface area contributed by atoms with Gasteiger partial charge in [-0.1, -0.05) is 33.6 Å². The van der Waals surface area contributed by atoms with E-state index in [4.69, 9.17) is 11.6 Å². The molecule has 0 bridgehead atoms. The summed E-state index contributed by atoms with van der Waals surface area (Å²) in [5.74, 6) is -0.370. The Morgan fingerprint density at radius 1 is 0.931 bits per heavy atom. The van der Waals surface area contributed by atoms with Crippen LogP contribution in [0.1, 0.15) is 21.5 Å². The van der Waals surface area contributed by atoms with Crippen molar-refractivity contribution in [3.8, 4) is 0 Å². The highest BCUT2D eigenvalue weighted by atomic mass is 79.9. The van der Waals surface area contributed by atoms with Gasteiger partial charge in [-0.25, -0.2) is 8.42 Å². The Hall–Kier alpha value is -2.35. The fraction of sp³-hybridized carbons (Fsp3) is 0.0952. The predicted molar refractivity (Wildman–Crippen MR) is 120 cm³/mol. The van der Waals surface area contributed by atoms with Crippen molar-refractivity contribution in [2.45, 2.75) is 18.7 Å². The van der Waals surface area contributed by atoms with Crippen LogP contribution in [0.4, 0.5) is 11.4 Å². The SMILES string of the molecule is Cc1ccc(C(=O)Nc2cc(S(=O)(=O)Nc3ccc(Br)cc3)ccc2Cl)cc1C. The first-order chi connectivity index (χ1) is 13.7. The Morgan fingerprint density at radius 3 is 2.28 bits per heavy atom. The molecule has 0 atom stereocenters. The molecule has 0 radical (unpaired) electrons. The molecule has 0 heterocycles. The fourth-order valence-electron chi connectivity index (χ4n) is 2.58. The smallest absolute Gasteiger partial charge is 0.261 e. The molecular formula is C21H18BrClN2O3S. The van der Waals surface area contributed by atoms with Gasteiger partial charge in [0, 0.05) is 15.7 Å². The molecule has 5 nitrogen and oxygen atoms in total.